The van der Waals surface area contributed by atoms with Crippen LogP contribution in [0.1, 0.15) is 0 Å². The number of nitrogens with one attached hydrogen (secondary N) is 1. The van der Waals surface area contributed by atoms with Crippen molar-refractivity contribution in [3.8, 4) is 5.75 Å². The van der Waals surface area contributed by atoms with Crippen molar-refractivity contribution in [2.24, 2.45) is 0 Å². The molecule has 0 aliphatic heterocycles. The second-order valence-electron chi connectivity index (χ2n) is 3.97. The molecule has 6 nitrogen and oxygen atoms in total. The van der Waals surface area contributed by atoms with Crippen LogP contribution in [0.2, 0.25) is 0 Å². The summed E-state index contributed by atoms with van der Waals surface area (Å²) in [7, 11) is 0. The summed E-state index contributed by atoms with van der Waals surface area (Å²) in [6.07, 6.45) is 0. The third kappa shape index (κ3) is 2.11. The van der Waals surface area contributed by atoms with E-state index in [2.05, 4.69) is 15.6 Å². The number of phenols is 1. The highest BCUT2D eigenvalue weighted by Gasteiger charge is 2.11. The number of fused-ring (bicyclic) bond motifs is 1. The number of para-hydroxylation sites is 1. The normalized spacial score (nSPS) is 10.5. The van der Waals surface area contributed by atoms with Gasteiger partial charge in [-0.25, -0.2) is 4.79 Å². The van der Waals surface area contributed by atoms with Crippen molar-refractivity contribution in [3.05, 3.63) is 48.5 Å². The summed E-state index contributed by atoms with van der Waals surface area (Å²) in [4.78, 5) is 12.1. The molecule has 0 saturated carbocycles. The minimum Gasteiger partial charge on any atom is -0.508 e. The first-order valence-electron chi connectivity index (χ1n) is 5.65. The molecule has 0 saturated heterocycles. The highest BCUT2D eigenvalue weighted by Crippen LogP contribution is 2.15. The molecule has 1 heterocycles. The molecule has 1 aromatic heterocycles. The lowest BCUT2D eigenvalue weighted by Crippen LogP contribution is -2.20. The Morgan fingerprint density at radius 1 is 1.11 bits per heavy atom. The highest BCUT2D eigenvalue weighted by atomic mass is 16.3. The third-order valence-electron chi connectivity index (χ3n) is 2.66. The number of benzene rings is 2. The predicted molar refractivity (Wildman–Crippen MR) is 70.1 cm³/mol. The molecule has 0 bridgehead atoms. The van der Waals surface area contributed by atoms with Crippen molar-refractivity contribution >= 4 is 22.8 Å². The van der Waals surface area contributed by atoms with Crippen LogP contribution in [0.4, 0.5) is 10.5 Å². The van der Waals surface area contributed by atoms with Crippen molar-refractivity contribution in [1.82, 2.24) is 15.0 Å². The molecule has 0 radical (unpaired) electrons. The molecule has 0 aliphatic carbocycles. The topological polar surface area (TPSA) is 80.0 Å². The standard InChI is InChI=1S/C13H10N4O2/c18-10-7-5-9(6-8-10)14-13(19)17-12-4-2-1-3-11(12)15-16-17/h1-8,18H,(H,14,19). The van der Waals surface area contributed by atoms with Gasteiger partial charge in [-0.2, -0.15) is 4.68 Å². The molecule has 0 unspecified atom stereocenters. The summed E-state index contributed by atoms with van der Waals surface area (Å²) >= 11 is 0. The lowest BCUT2D eigenvalue weighted by Gasteiger charge is -2.04. The van der Waals surface area contributed by atoms with E-state index in [1.54, 1.807) is 24.3 Å². The van der Waals surface area contributed by atoms with E-state index >= 15 is 0 Å². The zero-order valence-corrected chi connectivity index (χ0v) is 9.82. The number of nitrogens with zero attached hydrogens (tertiary/aromatic N) is 3. The maximum absolute atomic E-state index is 12.1. The maximum atomic E-state index is 12.1. The Morgan fingerprint density at radius 3 is 2.63 bits per heavy atom. The van der Waals surface area contributed by atoms with E-state index in [1.807, 2.05) is 12.1 Å². The molecule has 94 valence electrons. The van der Waals surface area contributed by atoms with Gasteiger partial charge in [-0.15, -0.1) is 5.10 Å². The van der Waals surface area contributed by atoms with Crippen LogP contribution in [-0.4, -0.2) is 26.1 Å². The van der Waals surface area contributed by atoms with E-state index in [1.165, 1.54) is 16.8 Å². The highest BCUT2D eigenvalue weighted by molar-refractivity contribution is 5.96. The van der Waals surface area contributed by atoms with E-state index in [4.69, 9.17) is 0 Å². The van der Waals surface area contributed by atoms with E-state index in [9.17, 15) is 9.90 Å². The van der Waals surface area contributed by atoms with Crippen LogP contribution in [0.25, 0.3) is 11.0 Å². The lowest BCUT2D eigenvalue weighted by molar-refractivity contribution is 0.251. The molecule has 0 atom stereocenters. The largest absolute Gasteiger partial charge is 0.508 e. The van der Waals surface area contributed by atoms with Crippen molar-refractivity contribution < 1.29 is 9.90 Å². The van der Waals surface area contributed by atoms with E-state index in [0.29, 0.717) is 16.7 Å². The minimum atomic E-state index is -0.403. The Bertz CT molecular complexity index is 734. The molecule has 6 heteroatoms. The molecule has 3 aromatic rings. The van der Waals surface area contributed by atoms with Crippen LogP contribution in [0.15, 0.2) is 48.5 Å². The number of amides is 1. The van der Waals surface area contributed by atoms with Crippen LogP contribution in [0, 0.1) is 0 Å². The molecule has 1 amide bonds. The number of carbonyl (C=O) groups excluding carboxylic acids is 1. The van der Waals surface area contributed by atoms with Crippen molar-refractivity contribution in [1.29, 1.82) is 0 Å². The molecule has 2 N–H and O–H groups in total. The fourth-order valence-corrected chi connectivity index (χ4v) is 1.74. The zero-order chi connectivity index (χ0) is 13.2. The molecule has 0 fully saturated rings. The SMILES string of the molecule is O=C(Nc1ccc(O)cc1)n1nnc2ccccc21. The summed E-state index contributed by atoms with van der Waals surface area (Å²) in [5, 5.41) is 19.6. The Morgan fingerprint density at radius 2 is 1.84 bits per heavy atom. The van der Waals surface area contributed by atoms with E-state index in [-0.39, 0.29) is 5.75 Å². The smallest absolute Gasteiger partial charge is 0.348 e. The lowest BCUT2D eigenvalue weighted by atomic mass is 10.3. The van der Waals surface area contributed by atoms with Gasteiger partial charge in [-0.1, -0.05) is 17.3 Å². The fraction of sp³-hybridized carbons (Fsp3) is 0. The Kier molecular flexibility index (Phi) is 2.60. The number of rotatable bonds is 1. The maximum Gasteiger partial charge on any atom is 0.348 e. The van der Waals surface area contributed by atoms with E-state index < -0.39 is 6.03 Å². The van der Waals surface area contributed by atoms with Gasteiger partial charge < -0.3 is 10.4 Å². The van der Waals surface area contributed by atoms with Gasteiger partial charge in [0.15, 0.2) is 0 Å². The van der Waals surface area contributed by atoms with Gasteiger partial charge in [0.05, 0.1) is 5.52 Å². The van der Waals surface area contributed by atoms with Crippen LogP contribution in [0.5, 0.6) is 5.75 Å². The van der Waals surface area contributed by atoms with Crippen LogP contribution in [0.3, 0.4) is 0 Å². The first-order valence-corrected chi connectivity index (χ1v) is 5.65. The van der Waals surface area contributed by atoms with Crippen LogP contribution >= 0.6 is 0 Å². The predicted octanol–water partition coefficient (Wildman–Crippen LogP) is 2.22. The van der Waals surface area contributed by atoms with Crippen molar-refractivity contribution in [2.75, 3.05) is 5.32 Å². The van der Waals surface area contributed by atoms with E-state index in [0.717, 1.165) is 0 Å². The second kappa shape index (κ2) is 4.41. The zero-order valence-electron chi connectivity index (χ0n) is 9.82. The van der Waals surface area contributed by atoms with Gasteiger partial charge >= 0.3 is 6.03 Å². The molecule has 19 heavy (non-hydrogen) atoms. The summed E-state index contributed by atoms with van der Waals surface area (Å²) in [5.74, 6) is 0.143. The number of anilines is 1. The Labute approximate surface area is 108 Å². The summed E-state index contributed by atoms with van der Waals surface area (Å²) in [5.41, 5.74) is 1.87. The number of hydrogen-bond acceptors (Lipinski definition) is 4. The van der Waals surface area contributed by atoms with Crippen molar-refractivity contribution in [3.63, 3.8) is 0 Å². The van der Waals surface area contributed by atoms with Gasteiger partial charge in [0.2, 0.25) is 0 Å². The summed E-state index contributed by atoms with van der Waals surface area (Å²) < 4.78 is 1.20. The second-order valence-corrected chi connectivity index (χ2v) is 3.97. The molecule has 0 spiro atoms. The Hall–Kier alpha value is -2.89. The molecular weight excluding hydrogens is 244 g/mol. The number of hydrogen-bond donors (Lipinski definition) is 2. The fourth-order valence-electron chi connectivity index (χ4n) is 1.74. The van der Waals surface area contributed by atoms with Gasteiger partial charge in [-0.3, -0.25) is 0 Å². The third-order valence-corrected chi connectivity index (χ3v) is 2.66. The Balaban J connectivity index is 1.90. The minimum absolute atomic E-state index is 0.143. The van der Waals surface area contributed by atoms with Crippen LogP contribution < -0.4 is 5.32 Å². The van der Waals surface area contributed by atoms with Crippen molar-refractivity contribution in [2.45, 2.75) is 0 Å². The molecule has 3 rings (SSSR count). The number of aromatic nitrogens is 3. The molecular formula is C13H10N4O2. The average molecular weight is 254 g/mol. The monoisotopic (exact) mass is 254 g/mol. The van der Waals surface area contributed by atoms with Gasteiger partial charge in [0, 0.05) is 5.69 Å². The van der Waals surface area contributed by atoms with Gasteiger partial charge in [-0.05, 0) is 36.4 Å². The summed E-state index contributed by atoms with van der Waals surface area (Å²) in [6.45, 7) is 0. The quantitative estimate of drug-likeness (QED) is 0.652. The first-order chi connectivity index (χ1) is 9.24. The molecule has 2 aromatic carbocycles. The number of phenolic OH excluding ortho intramolecular Hbond substituents is 1. The van der Waals surface area contributed by atoms with Gasteiger partial charge in [0.1, 0.15) is 11.3 Å². The van der Waals surface area contributed by atoms with Gasteiger partial charge in [0.25, 0.3) is 0 Å². The number of aromatic hydroxyl groups is 1. The molecule has 0 aliphatic rings. The number of carbonyl (C=O) groups is 1. The average Bonchev–Trinajstić information content (AvgIpc) is 2.85. The van der Waals surface area contributed by atoms with Crippen LogP contribution in [-0.2, 0) is 0 Å². The first kappa shape index (κ1) is 11.2. The summed E-state index contributed by atoms with van der Waals surface area (Å²) in [6, 6.07) is 13.0.